The van der Waals surface area contributed by atoms with E-state index >= 15 is 0 Å². The number of carbonyl (C=O) groups is 1. The van der Waals surface area contributed by atoms with Gasteiger partial charge in [0.05, 0.1) is 6.07 Å². The first kappa shape index (κ1) is 12.0. The van der Waals surface area contributed by atoms with Crippen molar-refractivity contribution in [3.8, 4) is 6.07 Å². The van der Waals surface area contributed by atoms with Crippen molar-refractivity contribution in [3.63, 3.8) is 0 Å². The van der Waals surface area contributed by atoms with Gasteiger partial charge in [-0.2, -0.15) is 5.26 Å². The van der Waals surface area contributed by atoms with Crippen LogP contribution in [0, 0.1) is 11.3 Å². The topological polar surface area (TPSA) is 52.9 Å². The summed E-state index contributed by atoms with van der Waals surface area (Å²) in [6.45, 7) is 0. The van der Waals surface area contributed by atoms with Crippen molar-refractivity contribution >= 4 is 5.91 Å². The second-order valence-electron chi connectivity index (χ2n) is 3.29. The molecule has 0 saturated carbocycles. The number of hydrogen-bond acceptors (Lipinski definition) is 2. The molecule has 0 heterocycles. The van der Waals surface area contributed by atoms with E-state index in [1.807, 2.05) is 24.3 Å². The lowest BCUT2D eigenvalue weighted by atomic mass is 10.2. The van der Waals surface area contributed by atoms with E-state index in [4.69, 9.17) is 5.26 Å². The van der Waals surface area contributed by atoms with Crippen LogP contribution in [-0.4, -0.2) is 5.91 Å². The van der Waals surface area contributed by atoms with Crippen molar-refractivity contribution in [1.29, 1.82) is 5.26 Å². The van der Waals surface area contributed by atoms with Crippen LogP contribution in [0.5, 0.6) is 0 Å². The number of unbranched alkanes of at least 4 members (excludes halogenated alkanes) is 2. The summed E-state index contributed by atoms with van der Waals surface area (Å²) in [5.74, 6) is -0.114. The molecule has 82 valence electrons. The van der Waals surface area contributed by atoms with Crippen LogP contribution < -0.4 is 5.32 Å². The number of allylic oxidation sites excluding steroid dienone is 1. The number of carbonyl (C=O) groups excluding carboxylic acids is 1. The molecule has 0 radical (unpaired) electrons. The summed E-state index contributed by atoms with van der Waals surface area (Å²) < 4.78 is 0. The van der Waals surface area contributed by atoms with E-state index in [9.17, 15) is 4.79 Å². The van der Waals surface area contributed by atoms with Gasteiger partial charge in [-0.05, 0) is 25.0 Å². The standard InChI is InChI=1S/C13H14N2O/c14-10-6-1-2-7-11-15-13(16)12-8-4-3-5-9-12/h3-5,7-9,11H,1-2,6H2,(H,15,16)/b11-7-. The van der Waals surface area contributed by atoms with Crippen molar-refractivity contribution in [2.24, 2.45) is 0 Å². The fourth-order valence-electron chi connectivity index (χ4n) is 1.19. The Hall–Kier alpha value is -2.08. The second-order valence-corrected chi connectivity index (χ2v) is 3.29. The first-order chi connectivity index (χ1) is 7.84. The van der Waals surface area contributed by atoms with Crippen LogP contribution in [0.2, 0.25) is 0 Å². The van der Waals surface area contributed by atoms with Crippen molar-refractivity contribution < 1.29 is 4.79 Å². The highest BCUT2D eigenvalue weighted by Crippen LogP contribution is 1.98. The molecule has 0 aliphatic rings. The van der Waals surface area contributed by atoms with E-state index in [2.05, 4.69) is 11.4 Å². The average Bonchev–Trinajstić information content (AvgIpc) is 2.34. The van der Waals surface area contributed by atoms with E-state index in [1.54, 1.807) is 18.3 Å². The Morgan fingerprint density at radius 3 is 2.81 bits per heavy atom. The number of nitrogens with zero attached hydrogens (tertiary/aromatic N) is 1. The second kappa shape index (κ2) is 7.24. The summed E-state index contributed by atoms with van der Waals surface area (Å²) in [5.41, 5.74) is 0.643. The highest BCUT2D eigenvalue weighted by atomic mass is 16.1. The highest BCUT2D eigenvalue weighted by Gasteiger charge is 1.99. The van der Waals surface area contributed by atoms with E-state index in [0.717, 1.165) is 12.8 Å². The maximum Gasteiger partial charge on any atom is 0.255 e. The SMILES string of the molecule is N#CCCC/C=C\NC(=O)c1ccccc1. The quantitative estimate of drug-likeness (QED) is 0.766. The molecule has 0 fully saturated rings. The average molecular weight is 214 g/mol. The summed E-state index contributed by atoms with van der Waals surface area (Å²) >= 11 is 0. The summed E-state index contributed by atoms with van der Waals surface area (Å²) in [4.78, 5) is 11.5. The van der Waals surface area contributed by atoms with Crippen molar-refractivity contribution in [2.75, 3.05) is 0 Å². The number of amides is 1. The molecular weight excluding hydrogens is 200 g/mol. The number of rotatable bonds is 5. The zero-order chi connectivity index (χ0) is 11.6. The minimum atomic E-state index is -0.114. The Kier molecular flexibility index (Phi) is 5.43. The molecule has 1 N–H and O–H groups in total. The Balaban J connectivity index is 2.28. The lowest BCUT2D eigenvalue weighted by Crippen LogP contribution is -2.16. The Morgan fingerprint density at radius 2 is 2.12 bits per heavy atom. The number of nitrogens with one attached hydrogen (secondary N) is 1. The van der Waals surface area contributed by atoms with Gasteiger partial charge in [-0.15, -0.1) is 0 Å². The molecule has 0 aromatic heterocycles. The molecule has 1 rings (SSSR count). The van der Waals surface area contributed by atoms with Crippen LogP contribution >= 0.6 is 0 Å². The number of hydrogen-bond donors (Lipinski definition) is 1. The fraction of sp³-hybridized carbons (Fsp3) is 0.231. The molecule has 3 nitrogen and oxygen atoms in total. The summed E-state index contributed by atoms with van der Waals surface area (Å²) in [7, 11) is 0. The Labute approximate surface area is 95.4 Å². The molecular formula is C13H14N2O. The van der Waals surface area contributed by atoms with Crippen LogP contribution in [0.4, 0.5) is 0 Å². The Bertz CT molecular complexity index is 390. The molecule has 0 spiro atoms. The van der Waals surface area contributed by atoms with Gasteiger partial charge < -0.3 is 5.32 Å². The van der Waals surface area contributed by atoms with Gasteiger partial charge in [0.25, 0.3) is 5.91 Å². The molecule has 1 aromatic rings. The monoisotopic (exact) mass is 214 g/mol. The van der Waals surface area contributed by atoms with Crippen molar-refractivity contribution in [3.05, 3.63) is 48.2 Å². The molecule has 1 aromatic carbocycles. The minimum Gasteiger partial charge on any atom is -0.329 e. The zero-order valence-corrected chi connectivity index (χ0v) is 9.02. The zero-order valence-electron chi connectivity index (χ0n) is 9.02. The molecule has 0 unspecified atom stereocenters. The number of nitriles is 1. The van der Waals surface area contributed by atoms with Crippen LogP contribution in [0.25, 0.3) is 0 Å². The smallest absolute Gasteiger partial charge is 0.255 e. The third-order valence-electron chi connectivity index (χ3n) is 2.03. The summed E-state index contributed by atoms with van der Waals surface area (Å²) in [6.07, 6.45) is 5.68. The van der Waals surface area contributed by atoms with Gasteiger partial charge in [0.15, 0.2) is 0 Å². The summed E-state index contributed by atoms with van der Waals surface area (Å²) in [6, 6.07) is 11.1. The summed E-state index contributed by atoms with van der Waals surface area (Å²) in [5, 5.41) is 11.0. The molecule has 0 bridgehead atoms. The van der Waals surface area contributed by atoms with Crippen LogP contribution in [0.1, 0.15) is 29.6 Å². The van der Waals surface area contributed by atoms with Gasteiger partial charge in [-0.1, -0.05) is 24.3 Å². The van der Waals surface area contributed by atoms with Gasteiger partial charge in [-0.3, -0.25) is 4.79 Å². The van der Waals surface area contributed by atoms with Gasteiger partial charge in [-0.25, -0.2) is 0 Å². The first-order valence-electron chi connectivity index (χ1n) is 5.22. The third kappa shape index (κ3) is 4.43. The van der Waals surface area contributed by atoms with E-state index < -0.39 is 0 Å². The predicted octanol–water partition coefficient (Wildman–Crippen LogP) is 2.62. The molecule has 3 heteroatoms. The van der Waals surface area contributed by atoms with Crippen LogP contribution in [0.3, 0.4) is 0 Å². The van der Waals surface area contributed by atoms with E-state index in [0.29, 0.717) is 12.0 Å². The normalized spacial score (nSPS) is 9.94. The molecule has 0 aliphatic heterocycles. The number of benzene rings is 1. The largest absolute Gasteiger partial charge is 0.329 e. The minimum absolute atomic E-state index is 0.114. The third-order valence-corrected chi connectivity index (χ3v) is 2.03. The fourth-order valence-corrected chi connectivity index (χ4v) is 1.19. The van der Waals surface area contributed by atoms with Gasteiger partial charge >= 0.3 is 0 Å². The van der Waals surface area contributed by atoms with Gasteiger partial charge in [0.2, 0.25) is 0 Å². The van der Waals surface area contributed by atoms with E-state index in [1.165, 1.54) is 0 Å². The van der Waals surface area contributed by atoms with Gasteiger partial charge in [0.1, 0.15) is 0 Å². The first-order valence-corrected chi connectivity index (χ1v) is 5.22. The maximum absolute atomic E-state index is 11.5. The molecule has 16 heavy (non-hydrogen) atoms. The highest BCUT2D eigenvalue weighted by molar-refractivity contribution is 5.94. The molecule has 0 atom stereocenters. The molecule has 0 saturated heterocycles. The van der Waals surface area contributed by atoms with Crippen molar-refractivity contribution in [1.82, 2.24) is 5.32 Å². The molecule has 0 aliphatic carbocycles. The Morgan fingerprint density at radius 1 is 1.38 bits per heavy atom. The lowest BCUT2D eigenvalue weighted by Gasteiger charge is -1.98. The lowest BCUT2D eigenvalue weighted by molar-refractivity contribution is 0.0970. The van der Waals surface area contributed by atoms with Crippen LogP contribution in [0.15, 0.2) is 42.6 Å². The molecule has 1 amide bonds. The predicted molar refractivity (Wildman–Crippen MR) is 62.5 cm³/mol. The van der Waals surface area contributed by atoms with Crippen LogP contribution in [-0.2, 0) is 0 Å². The van der Waals surface area contributed by atoms with Crippen molar-refractivity contribution in [2.45, 2.75) is 19.3 Å². The maximum atomic E-state index is 11.5. The van der Waals surface area contributed by atoms with Gasteiger partial charge in [0, 0.05) is 18.2 Å². The van der Waals surface area contributed by atoms with E-state index in [-0.39, 0.29) is 5.91 Å².